The monoisotopic (exact) mass is 452 g/mol. The smallest absolute Gasteiger partial charge is 0.347 e. The summed E-state index contributed by atoms with van der Waals surface area (Å²) in [5, 5.41) is 23.6. The van der Waals surface area contributed by atoms with E-state index in [0.717, 1.165) is 0 Å². The van der Waals surface area contributed by atoms with Crippen molar-refractivity contribution < 1.29 is 34.0 Å². The van der Waals surface area contributed by atoms with Crippen LogP contribution in [0.5, 0.6) is 28.7 Å². The van der Waals surface area contributed by atoms with Gasteiger partial charge >= 0.3 is 11.9 Å². The van der Waals surface area contributed by atoms with Crippen molar-refractivity contribution in [3.05, 3.63) is 64.5 Å². The summed E-state index contributed by atoms with van der Waals surface area (Å²) in [5.41, 5.74) is 1.10. The molecule has 33 heavy (non-hydrogen) atoms. The third-order valence-corrected chi connectivity index (χ3v) is 5.56. The Labute approximate surface area is 190 Å². The topological polar surface area (TPSA) is 119 Å². The van der Waals surface area contributed by atoms with Crippen molar-refractivity contribution in [1.29, 1.82) is 0 Å². The zero-order valence-electron chi connectivity index (χ0n) is 18.5. The van der Waals surface area contributed by atoms with Crippen LogP contribution in [0.25, 0.3) is 0 Å². The second-order valence-electron chi connectivity index (χ2n) is 7.70. The maximum Gasteiger partial charge on any atom is 0.347 e. The molecule has 2 heterocycles. The number of hydrogen-bond donors (Lipinski definition) is 3. The first kappa shape index (κ1) is 22.2. The van der Waals surface area contributed by atoms with Gasteiger partial charge in [-0.2, -0.15) is 0 Å². The van der Waals surface area contributed by atoms with E-state index in [9.17, 15) is 19.8 Å². The number of carbonyl (C=O) groups excluding carboxylic acids is 1. The Morgan fingerprint density at radius 3 is 2.52 bits per heavy atom. The highest BCUT2D eigenvalue weighted by molar-refractivity contribution is 6.00. The van der Waals surface area contributed by atoms with E-state index >= 15 is 0 Å². The van der Waals surface area contributed by atoms with E-state index < -0.39 is 11.9 Å². The Hall–Kier alpha value is -3.98. The number of ether oxygens (including phenoxy) is 3. The molecule has 0 aliphatic carbocycles. The number of aromatic hydroxyl groups is 1. The third kappa shape index (κ3) is 4.10. The molecular weight excluding hydrogens is 428 g/mol. The van der Waals surface area contributed by atoms with Crippen LogP contribution in [0.15, 0.2) is 36.7 Å². The summed E-state index contributed by atoms with van der Waals surface area (Å²) in [6, 6.07) is 6.65. The van der Waals surface area contributed by atoms with Gasteiger partial charge in [0, 0.05) is 37.6 Å². The Balaban J connectivity index is 1.76. The Morgan fingerprint density at radius 1 is 1.12 bits per heavy atom. The van der Waals surface area contributed by atoms with Crippen LogP contribution in [-0.4, -0.2) is 40.4 Å². The van der Waals surface area contributed by atoms with Gasteiger partial charge in [-0.05, 0) is 43.7 Å². The number of aromatic carboxylic acids is 1. The van der Waals surface area contributed by atoms with Gasteiger partial charge in [-0.15, -0.1) is 0 Å². The minimum Gasteiger partial charge on any atom is -0.507 e. The zero-order valence-corrected chi connectivity index (χ0v) is 18.5. The van der Waals surface area contributed by atoms with Crippen molar-refractivity contribution in [2.45, 2.75) is 26.9 Å². The molecule has 1 aliphatic heterocycles. The normalized spacial score (nSPS) is 12.3. The van der Waals surface area contributed by atoms with E-state index in [2.05, 4.69) is 5.32 Å². The van der Waals surface area contributed by atoms with Crippen molar-refractivity contribution in [3.8, 4) is 28.7 Å². The van der Waals surface area contributed by atoms with E-state index in [1.54, 1.807) is 13.8 Å². The van der Waals surface area contributed by atoms with Gasteiger partial charge in [0.1, 0.15) is 22.6 Å². The lowest BCUT2D eigenvalue weighted by atomic mass is 10.0. The molecule has 1 aliphatic rings. The van der Waals surface area contributed by atoms with Crippen LogP contribution in [0.3, 0.4) is 0 Å². The lowest BCUT2D eigenvalue weighted by molar-refractivity contribution is 0.0685. The number of aryl methyl sites for hydroxylation is 1. The predicted octanol–water partition coefficient (Wildman–Crippen LogP) is 3.63. The van der Waals surface area contributed by atoms with Gasteiger partial charge in [0.25, 0.3) is 0 Å². The highest BCUT2D eigenvalue weighted by Gasteiger charge is 2.33. The van der Waals surface area contributed by atoms with E-state index in [-0.39, 0.29) is 46.4 Å². The van der Waals surface area contributed by atoms with Gasteiger partial charge < -0.3 is 34.3 Å². The molecule has 3 aromatic rings. The number of esters is 1. The first-order valence-corrected chi connectivity index (χ1v) is 10.3. The van der Waals surface area contributed by atoms with Gasteiger partial charge in [-0.1, -0.05) is 0 Å². The molecule has 0 bridgehead atoms. The fraction of sp³-hybridized carbons (Fsp3) is 0.250. The predicted molar refractivity (Wildman–Crippen MR) is 119 cm³/mol. The lowest BCUT2D eigenvalue weighted by Gasteiger charge is -2.18. The van der Waals surface area contributed by atoms with Gasteiger partial charge in [0.05, 0.1) is 12.7 Å². The number of phenolic OH excluding ortho intramolecular Hbond substituents is 1. The lowest BCUT2D eigenvalue weighted by Crippen LogP contribution is -2.20. The van der Waals surface area contributed by atoms with E-state index in [1.165, 1.54) is 19.2 Å². The minimum absolute atomic E-state index is 0.0293. The van der Waals surface area contributed by atoms with Crippen LogP contribution >= 0.6 is 0 Å². The van der Waals surface area contributed by atoms with Crippen LogP contribution < -0.4 is 19.5 Å². The molecule has 9 heteroatoms. The number of benzene rings is 2. The molecule has 0 amide bonds. The number of aromatic nitrogens is 1. The van der Waals surface area contributed by atoms with Crippen LogP contribution in [0.1, 0.15) is 37.4 Å². The van der Waals surface area contributed by atoms with E-state index in [0.29, 0.717) is 29.8 Å². The molecule has 0 fully saturated rings. The molecule has 3 N–H and O–H groups in total. The maximum absolute atomic E-state index is 13.1. The van der Waals surface area contributed by atoms with E-state index in [1.807, 2.05) is 29.1 Å². The van der Waals surface area contributed by atoms with Crippen molar-refractivity contribution in [2.75, 3.05) is 13.7 Å². The number of carbonyl (C=O) groups is 2. The third-order valence-electron chi connectivity index (χ3n) is 5.56. The Morgan fingerprint density at radius 2 is 1.85 bits per heavy atom. The summed E-state index contributed by atoms with van der Waals surface area (Å²) in [4.78, 5) is 25.0. The average Bonchev–Trinajstić information content (AvgIpc) is 3.22. The molecule has 0 saturated heterocycles. The highest BCUT2D eigenvalue weighted by Crippen LogP contribution is 2.48. The largest absolute Gasteiger partial charge is 0.507 e. The highest BCUT2D eigenvalue weighted by atomic mass is 16.6. The number of rotatable bonds is 7. The summed E-state index contributed by atoms with van der Waals surface area (Å²) >= 11 is 0. The summed E-state index contributed by atoms with van der Waals surface area (Å²) in [6.07, 6.45) is 3.88. The standard InChI is InChI=1S/C24H24N2O7/c1-13-10-17(27)16(12-25-6-9-26-7-4-5-8-26)21-19(13)24(30)33-20-14(2)18(31-3)11-15(23(28)29)22(20)32-21/h4-5,7-8,10-11,25,27H,6,9,12H2,1-3H3,(H,28,29). The molecular formula is C24H24N2O7. The number of methoxy groups -OCH3 is 1. The van der Waals surface area contributed by atoms with Crippen LogP contribution in [0, 0.1) is 13.8 Å². The van der Waals surface area contributed by atoms with Gasteiger partial charge in [0.2, 0.25) is 0 Å². The number of hydrogen-bond acceptors (Lipinski definition) is 7. The fourth-order valence-electron chi connectivity index (χ4n) is 3.84. The quantitative estimate of drug-likeness (QED) is 0.282. The summed E-state index contributed by atoms with van der Waals surface area (Å²) in [6.45, 7) is 4.78. The first-order chi connectivity index (χ1) is 15.8. The Bertz CT molecular complexity index is 1230. The first-order valence-electron chi connectivity index (χ1n) is 10.3. The molecule has 0 unspecified atom stereocenters. The SMILES string of the molecule is COc1cc(C(=O)O)c2c(c1C)OC(=O)c1c(C)cc(O)c(CNCCn3cccc3)c1O2. The molecule has 0 radical (unpaired) electrons. The average molecular weight is 452 g/mol. The summed E-state index contributed by atoms with van der Waals surface area (Å²) in [7, 11) is 1.40. The minimum atomic E-state index is -1.27. The number of nitrogens with one attached hydrogen (secondary N) is 1. The second-order valence-corrected chi connectivity index (χ2v) is 7.70. The number of phenols is 1. The van der Waals surface area contributed by atoms with Crippen molar-refractivity contribution in [3.63, 3.8) is 0 Å². The molecule has 9 nitrogen and oxygen atoms in total. The zero-order chi connectivity index (χ0) is 23.7. The molecule has 1 aromatic heterocycles. The van der Waals surface area contributed by atoms with Gasteiger partial charge in [-0.3, -0.25) is 0 Å². The van der Waals surface area contributed by atoms with Crippen molar-refractivity contribution >= 4 is 11.9 Å². The summed E-state index contributed by atoms with van der Waals surface area (Å²) < 4.78 is 18.9. The molecule has 0 saturated carbocycles. The van der Waals surface area contributed by atoms with Gasteiger partial charge in [0.15, 0.2) is 17.2 Å². The molecule has 0 spiro atoms. The fourth-order valence-corrected chi connectivity index (χ4v) is 3.84. The van der Waals surface area contributed by atoms with Crippen molar-refractivity contribution in [1.82, 2.24) is 9.88 Å². The molecule has 4 rings (SSSR count). The second kappa shape index (κ2) is 8.87. The van der Waals surface area contributed by atoms with Crippen LogP contribution in [0.4, 0.5) is 0 Å². The number of nitrogens with zero attached hydrogens (tertiary/aromatic N) is 1. The number of carboxylic acid groups (broad SMARTS) is 1. The molecule has 172 valence electrons. The maximum atomic E-state index is 13.1. The number of carboxylic acids is 1. The van der Waals surface area contributed by atoms with Crippen LogP contribution in [-0.2, 0) is 13.1 Å². The molecule has 0 atom stereocenters. The molecule has 2 aromatic carbocycles. The Kier molecular flexibility index (Phi) is 5.97. The number of fused-ring (bicyclic) bond motifs is 2. The van der Waals surface area contributed by atoms with E-state index in [4.69, 9.17) is 14.2 Å². The van der Waals surface area contributed by atoms with Gasteiger partial charge in [-0.25, -0.2) is 9.59 Å². The van der Waals surface area contributed by atoms with Crippen LogP contribution in [0.2, 0.25) is 0 Å². The van der Waals surface area contributed by atoms with Crippen molar-refractivity contribution in [2.24, 2.45) is 0 Å². The summed E-state index contributed by atoms with van der Waals surface area (Å²) in [5.74, 6) is -1.88.